The molecule has 4 N–H and O–H groups in total. The van der Waals surface area contributed by atoms with E-state index < -0.39 is 51.9 Å². The monoisotopic (exact) mass is 472 g/mol. The molecule has 2 heterocycles. The number of unbranched alkanes of at least 4 members (excludes halogenated alkanes) is 2. The van der Waals surface area contributed by atoms with E-state index in [1.807, 2.05) is 6.92 Å². The third-order valence-corrected chi connectivity index (χ3v) is 6.91. The van der Waals surface area contributed by atoms with Gasteiger partial charge in [0.2, 0.25) is 0 Å². The number of aromatic nitrogens is 2. The van der Waals surface area contributed by atoms with Crippen LogP contribution in [0.4, 0.5) is 0 Å². The van der Waals surface area contributed by atoms with E-state index in [4.69, 9.17) is 4.74 Å². The van der Waals surface area contributed by atoms with Crippen LogP contribution in [-0.2, 0) is 27.2 Å². The predicted octanol–water partition coefficient (Wildman–Crippen LogP) is 0.934. The highest BCUT2D eigenvalue weighted by molar-refractivity contribution is 7.61. The van der Waals surface area contributed by atoms with Crippen molar-refractivity contribution in [3.63, 3.8) is 0 Å². The summed E-state index contributed by atoms with van der Waals surface area (Å²) in [5.74, 6) is 0. The van der Waals surface area contributed by atoms with Crippen molar-refractivity contribution in [1.82, 2.24) is 9.55 Å². The number of aryl methyl sites for hydroxylation is 1. The number of aromatic amines is 1. The Labute approximate surface area is 171 Å². The molecule has 0 aliphatic carbocycles. The third kappa shape index (κ3) is 7.23. The van der Waals surface area contributed by atoms with Crippen molar-refractivity contribution >= 4 is 15.6 Å². The number of hydrogen-bond acceptors (Lipinski definition) is 9. The highest BCUT2D eigenvalue weighted by Gasteiger charge is 2.40. The summed E-state index contributed by atoms with van der Waals surface area (Å²) in [6.07, 6.45) is -0.0213. The number of phosphoric ester groups is 2. The maximum Gasteiger partial charge on any atom is 0.481 e. The molecule has 0 radical (unpaired) electrons. The first-order valence-electron chi connectivity index (χ1n) is 9.25. The number of nitrogens with one attached hydrogen (secondary N) is 1. The maximum absolute atomic E-state index is 11.9. The zero-order valence-electron chi connectivity index (χ0n) is 16.5. The molecular formula is C15H26N2O11P2. The lowest BCUT2D eigenvalue weighted by Crippen LogP contribution is -2.33. The van der Waals surface area contributed by atoms with Crippen LogP contribution in [0.1, 0.15) is 44.4 Å². The summed E-state index contributed by atoms with van der Waals surface area (Å²) in [4.78, 5) is 44.7. The van der Waals surface area contributed by atoms with Crippen LogP contribution in [0.5, 0.6) is 0 Å². The van der Waals surface area contributed by atoms with Crippen molar-refractivity contribution < 1.29 is 42.1 Å². The van der Waals surface area contributed by atoms with E-state index in [1.54, 1.807) is 0 Å². The second-order valence-electron chi connectivity index (χ2n) is 6.77. The molecule has 0 amide bonds. The van der Waals surface area contributed by atoms with Crippen LogP contribution in [0.25, 0.3) is 0 Å². The van der Waals surface area contributed by atoms with Gasteiger partial charge < -0.3 is 19.6 Å². The number of aliphatic hydroxyl groups is 1. The molecule has 0 spiro atoms. The van der Waals surface area contributed by atoms with E-state index in [0.29, 0.717) is 6.42 Å². The highest BCUT2D eigenvalue weighted by atomic mass is 31.3. The fourth-order valence-corrected chi connectivity index (χ4v) is 4.83. The lowest BCUT2D eigenvalue weighted by Gasteiger charge is -2.19. The van der Waals surface area contributed by atoms with E-state index in [2.05, 4.69) is 18.3 Å². The first kappa shape index (κ1) is 25.1. The second kappa shape index (κ2) is 10.4. The molecule has 1 aromatic heterocycles. The SMILES string of the molecule is CCCCCOP(=O)(O)OP(=O)(O)OC[C@H]1O[C@@H](n2cc(C)c(=O)[nH]c2=O)C[C@@H]1O. The zero-order valence-corrected chi connectivity index (χ0v) is 18.3. The molecule has 15 heteroatoms. The fraction of sp³-hybridized carbons (Fsp3) is 0.733. The van der Waals surface area contributed by atoms with Crippen LogP contribution in [0.3, 0.4) is 0 Å². The van der Waals surface area contributed by atoms with E-state index >= 15 is 0 Å². The summed E-state index contributed by atoms with van der Waals surface area (Å²) < 4.78 is 43.7. The molecule has 0 aromatic carbocycles. The summed E-state index contributed by atoms with van der Waals surface area (Å²) in [7, 11) is -9.84. The van der Waals surface area contributed by atoms with Crippen LogP contribution in [0.2, 0.25) is 0 Å². The molecule has 1 aliphatic rings. The lowest BCUT2D eigenvalue weighted by atomic mass is 10.2. The van der Waals surface area contributed by atoms with Crippen LogP contribution in [-0.4, -0.2) is 49.9 Å². The molecule has 2 rings (SSSR count). The molecule has 0 saturated carbocycles. The molecule has 5 atom stereocenters. The number of phosphoric acid groups is 2. The molecule has 13 nitrogen and oxygen atoms in total. The normalized spacial score (nSPS) is 25.7. The number of nitrogens with zero attached hydrogens (tertiary/aromatic N) is 1. The minimum absolute atomic E-state index is 0.0605. The Kier molecular flexibility index (Phi) is 8.75. The second-order valence-corrected chi connectivity index (χ2v) is 9.81. The van der Waals surface area contributed by atoms with Gasteiger partial charge in [0.15, 0.2) is 0 Å². The van der Waals surface area contributed by atoms with Crippen molar-refractivity contribution in [2.45, 2.75) is 58.0 Å². The summed E-state index contributed by atoms with van der Waals surface area (Å²) in [5, 5.41) is 10.1. The largest absolute Gasteiger partial charge is 0.481 e. The third-order valence-electron chi connectivity index (χ3n) is 4.27. The predicted molar refractivity (Wildman–Crippen MR) is 103 cm³/mol. The zero-order chi connectivity index (χ0) is 22.5. The average Bonchev–Trinajstić information content (AvgIpc) is 3.00. The molecule has 172 valence electrons. The topological polar surface area (TPSA) is 187 Å². The van der Waals surface area contributed by atoms with Gasteiger partial charge in [0, 0.05) is 18.2 Å². The van der Waals surface area contributed by atoms with Crippen molar-refractivity contribution in [2.75, 3.05) is 13.2 Å². The molecule has 1 fully saturated rings. The van der Waals surface area contributed by atoms with Crippen molar-refractivity contribution in [3.05, 3.63) is 32.6 Å². The van der Waals surface area contributed by atoms with Crippen molar-refractivity contribution in [1.29, 1.82) is 0 Å². The number of aliphatic hydroxyl groups excluding tert-OH is 1. The van der Waals surface area contributed by atoms with Crippen LogP contribution in [0.15, 0.2) is 15.8 Å². The van der Waals surface area contributed by atoms with E-state index in [0.717, 1.165) is 17.4 Å². The first-order chi connectivity index (χ1) is 13.9. The van der Waals surface area contributed by atoms with Gasteiger partial charge in [0.1, 0.15) is 12.3 Å². The summed E-state index contributed by atoms with van der Waals surface area (Å²) in [6, 6.07) is 0. The molecular weight excluding hydrogens is 446 g/mol. The van der Waals surface area contributed by atoms with Crippen LogP contribution < -0.4 is 11.2 Å². The fourth-order valence-electron chi connectivity index (χ4n) is 2.71. The average molecular weight is 472 g/mol. The lowest BCUT2D eigenvalue weighted by molar-refractivity contribution is -0.0451. The van der Waals surface area contributed by atoms with Crippen LogP contribution >= 0.6 is 15.6 Å². The maximum atomic E-state index is 11.9. The molecule has 0 bridgehead atoms. The number of H-pyrrole nitrogens is 1. The summed E-state index contributed by atoms with van der Waals surface area (Å²) in [6.45, 7) is 2.60. The van der Waals surface area contributed by atoms with Gasteiger partial charge in [0.05, 0.1) is 19.3 Å². The van der Waals surface area contributed by atoms with Crippen LogP contribution in [0, 0.1) is 6.92 Å². The Hall–Kier alpha value is -1.14. The van der Waals surface area contributed by atoms with Gasteiger partial charge in [0.25, 0.3) is 5.56 Å². The minimum Gasteiger partial charge on any atom is -0.390 e. The van der Waals surface area contributed by atoms with Crippen molar-refractivity contribution in [3.8, 4) is 0 Å². The van der Waals surface area contributed by atoms with Gasteiger partial charge in [-0.1, -0.05) is 19.8 Å². The van der Waals surface area contributed by atoms with Gasteiger partial charge in [-0.05, 0) is 13.3 Å². The standard InChI is InChI=1S/C15H26N2O11P2/c1-3-4-5-6-25-29(21,22)28-30(23,24)26-9-12-11(18)7-13(27-12)17-8-10(2)14(19)16-15(17)20/h8,11-13,18H,3-7,9H2,1-2H3,(H,21,22)(H,23,24)(H,16,19,20)/t11-,12+,13+/m0/s1. The van der Waals surface area contributed by atoms with Gasteiger partial charge in [-0.2, -0.15) is 4.31 Å². The number of hydrogen-bond donors (Lipinski definition) is 4. The summed E-state index contributed by atoms with van der Waals surface area (Å²) >= 11 is 0. The van der Waals surface area contributed by atoms with Gasteiger partial charge in [-0.15, -0.1) is 0 Å². The molecule has 1 aliphatic heterocycles. The summed E-state index contributed by atoms with van der Waals surface area (Å²) in [5.41, 5.74) is -1.06. The van der Waals surface area contributed by atoms with Gasteiger partial charge in [-0.3, -0.25) is 23.4 Å². The molecule has 1 saturated heterocycles. The Morgan fingerprint density at radius 3 is 2.57 bits per heavy atom. The molecule has 2 unspecified atom stereocenters. The number of ether oxygens (including phenoxy) is 1. The molecule has 1 aromatic rings. The van der Waals surface area contributed by atoms with E-state index in [-0.39, 0.29) is 18.6 Å². The van der Waals surface area contributed by atoms with Crippen molar-refractivity contribution in [2.24, 2.45) is 0 Å². The van der Waals surface area contributed by atoms with Gasteiger partial charge in [-0.25, -0.2) is 13.9 Å². The Morgan fingerprint density at radius 2 is 1.90 bits per heavy atom. The highest BCUT2D eigenvalue weighted by Crippen LogP contribution is 2.60. The quantitative estimate of drug-likeness (QED) is 0.265. The Balaban J connectivity index is 1.93. The smallest absolute Gasteiger partial charge is 0.390 e. The minimum atomic E-state index is -5.01. The van der Waals surface area contributed by atoms with E-state index in [1.165, 1.54) is 13.1 Å². The number of rotatable bonds is 11. The van der Waals surface area contributed by atoms with Gasteiger partial charge >= 0.3 is 21.3 Å². The Bertz CT molecular complexity index is 930. The van der Waals surface area contributed by atoms with E-state index in [9.17, 15) is 33.6 Å². The first-order valence-corrected chi connectivity index (χ1v) is 12.2. The Morgan fingerprint density at radius 1 is 1.23 bits per heavy atom. The molecule has 30 heavy (non-hydrogen) atoms.